The number of hydrogen-bond acceptors (Lipinski definition) is 2. The van der Waals surface area contributed by atoms with Crippen molar-refractivity contribution < 1.29 is 0 Å². The van der Waals surface area contributed by atoms with E-state index >= 15 is 0 Å². The van der Waals surface area contributed by atoms with Gasteiger partial charge in [0.25, 0.3) is 0 Å². The summed E-state index contributed by atoms with van der Waals surface area (Å²) >= 11 is 5.94. The topological polar surface area (TPSA) is 29.3 Å². The van der Waals surface area contributed by atoms with Gasteiger partial charge in [-0.05, 0) is 25.0 Å². The van der Waals surface area contributed by atoms with Gasteiger partial charge < -0.3 is 9.72 Å². The van der Waals surface area contributed by atoms with E-state index in [1.807, 2.05) is 28.9 Å². The van der Waals surface area contributed by atoms with Crippen molar-refractivity contribution >= 4 is 17.2 Å². The van der Waals surface area contributed by atoms with Crippen LogP contribution in [0.4, 0.5) is 0 Å². The largest absolute Gasteiger partial charge is 0.308 e. The summed E-state index contributed by atoms with van der Waals surface area (Å²) in [5, 5.41) is 4.31. The number of aromatic nitrogens is 2. The number of imidazole rings is 1. The van der Waals surface area contributed by atoms with Crippen LogP contribution in [-0.4, -0.2) is 15.4 Å². The summed E-state index contributed by atoms with van der Waals surface area (Å²) in [6, 6.07) is 4.50. The van der Waals surface area contributed by atoms with Crippen LogP contribution in [0.3, 0.4) is 0 Å². The third-order valence-electron chi connectivity index (χ3n) is 3.39. The van der Waals surface area contributed by atoms with Gasteiger partial charge in [-0.1, -0.05) is 24.4 Å². The molecule has 4 heteroatoms. The van der Waals surface area contributed by atoms with E-state index in [1.165, 1.54) is 25.7 Å². The molecule has 0 bridgehead atoms. The van der Waals surface area contributed by atoms with Crippen molar-refractivity contribution in [2.75, 3.05) is 0 Å². The molecule has 0 radical (unpaired) electrons. The molecular weight excluding hydrogens is 234 g/mol. The van der Waals surface area contributed by atoms with Crippen molar-refractivity contribution in [2.24, 2.45) is 0 Å². The molecule has 1 aliphatic carbocycles. The van der Waals surface area contributed by atoms with Gasteiger partial charge in [-0.25, -0.2) is 4.98 Å². The van der Waals surface area contributed by atoms with Crippen LogP contribution in [-0.2, 0) is 6.54 Å². The third kappa shape index (κ3) is 2.45. The Morgan fingerprint density at radius 1 is 1.29 bits per heavy atom. The van der Waals surface area contributed by atoms with Gasteiger partial charge in [0.05, 0.1) is 10.7 Å². The van der Waals surface area contributed by atoms with E-state index in [4.69, 9.17) is 11.6 Å². The zero-order valence-corrected chi connectivity index (χ0v) is 10.5. The van der Waals surface area contributed by atoms with Crippen LogP contribution in [0.25, 0.3) is 5.65 Å². The van der Waals surface area contributed by atoms with E-state index in [0.29, 0.717) is 6.04 Å². The molecule has 2 heterocycles. The maximum atomic E-state index is 5.94. The van der Waals surface area contributed by atoms with Crippen molar-refractivity contribution in [1.82, 2.24) is 14.7 Å². The van der Waals surface area contributed by atoms with E-state index in [0.717, 1.165) is 22.9 Å². The molecule has 0 amide bonds. The minimum Gasteiger partial charge on any atom is -0.308 e. The van der Waals surface area contributed by atoms with Crippen LogP contribution in [0.5, 0.6) is 0 Å². The van der Waals surface area contributed by atoms with Crippen molar-refractivity contribution in [3.05, 3.63) is 35.2 Å². The van der Waals surface area contributed by atoms with E-state index in [1.54, 1.807) is 0 Å². The van der Waals surface area contributed by atoms with Gasteiger partial charge in [-0.15, -0.1) is 0 Å². The fourth-order valence-corrected chi connectivity index (χ4v) is 2.65. The fourth-order valence-electron chi connectivity index (χ4n) is 2.48. The maximum Gasteiger partial charge on any atom is 0.137 e. The first kappa shape index (κ1) is 11.1. The smallest absolute Gasteiger partial charge is 0.137 e. The lowest BCUT2D eigenvalue weighted by atomic mass is 10.2. The Bertz CT molecular complexity index is 514. The molecule has 90 valence electrons. The van der Waals surface area contributed by atoms with Crippen molar-refractivity contribution in [3.8, 4) is 0 Å². The number of fused-ring (bicyclic) bond motifs is 1. The molecule has 1 fully saturated rings. The summed E-state index contributed by atoms with van der Waals surface area (Å²) in [5.74, 6) is 0. The molecule has 3 rings (SSSR count). The zero-order chi connectivity index (χ0) is 11.7. The van der Waals surface area contributed by atoms with E-state index in [-0.39, 0.29) is 0 Å². The van der Waals surface area contributed by atoms with E-state index in [2.05, 4.69) is 10.3 Å². The zero-order valence-electron chi connectivity index (χ0n) is 9.69. The highest BCUT2D eigenvalue weighted by molar-refractivity contribution is 6.30. The number of hydrogen-bond donors (Lipinski definition) is 1. The molecule has 1 aliphatic rings. The number of nitrogens with one attached hydrogen (secondary N) is 1. The number of rotatable bonds is 3. The van der Waals surface area contributed by atoms with Crippen LogP contribution < -0.4 is 5.32 Å². The van der Waals surface area contributed by atoms with Gasteiger partial charge in [0.1, 0.15) is 5.65 Å². The van der Waals surface area contributed by atoms with E-state index in [9.17, 15) is 0 Å². The number of pyridine rings is 1. The van der Waals surface area contributed by atoms with Crippen LogP contribution >= 0.6 is 11.6 Å². The molecule has 1 saturated carbocycles. The Kier molecular flexibility index (Phi) is 3.04. The fraction of sp³-hybridized carbons (Fsp3) is 0.462. The summed E-state index contributed by atoms with van der Waals surface area (Å²) in [4.78, 5) is 4.56. The lowest BCUT2D eigenvalue weighted by Crippen LogP contribution is -2.25. The average molecular weight is 250 g/mol. The third-order valence-corrected chi connectivity index (χ3v) is 3.62. The van der Waals surface area contributed by atoms with Crippen molar-refractivity contribution in [2.45, 2.75) is 38.3 Å². The predicted molar refractivity (Wildman–Crippen MR) is 69.3 cm³/mol. The summed E-state index contributed by atoms with van der Waals surface area (Å²) in [6.07, 6.45) is 9.27. The first-order valence-electron chi connectivity index (χ1n) is 6.18. The highest BCUT2D eigenvalue weighted by Crippen LogP contribution is 2.18. The highest BCUT2D eigenvalue weighted by atomic mass is 35.5. The summed E-state index contributed by atoms with van der Waals surface area (Å²) in [7, 11) is 0. The second kappa shape index (κ2) is 4.67. The summed E-state index contributed by atoms with van der Waals surface area (Å²) < 4.78 is 1.98. The lowest BCUT2D eigenvalue weighted by Gasteiger charge is -2.09. The first-order valence-corrected chi connectivity index (χ1v) is 6.55. The molecule has 2 aromatic rings. The molecule has 0 spiro atoms. The van der Waals surface area contributed by atoms with E-state index < -0.39 is 0 Å². The summed E-state index contributed by atoms with van der Waals surface area (Å²) in [6.45, 7) is 0.851. The minimum absolute atomic E-state index is 0.684. The Morgan fingerprint density at radius 2 is 2.12 bits per heavy atom. The molecule has 0 atom stereocenters. The van der Waals surface area contributed by atoms with Gasteiger partial charge in [0.2, 0.25) is 0 Å². The van der Waals surface area contributed by atoms with Gasteiger partial charge in [-0.2, -0.15) is 0 Å². The van der Waals surface area contributed by atoms with Crippen molar-refractivity contribution in [1.29, 1.82) is 0 Å². The first-order chi connectivity index (χ1) is 8.31. The summed E-state index contributed by atoms with van der Waals surface area (Å²) in [5.41, 5.74) is 2.04. The average Bonchev–Trinajstić information content (AvgIpc) is 2.94. The monoisotopic (exact) mass is 249 g/mol. The van der Waals surface area contributed by atoms with Crippen LogP contribution in [0.1, 0.15) is 31.4 Å². The lowest BCUT2D eigenvalue weighted by molar-refractivity contribution is 0.520. The quantitative estimate of drug-likeness (QED) is 0.906. The van der Waals surface area contributed by atoms with Crippen molar-refractivity contribution in [3.63, 3.8) is 0 Å². The Balaban J connectivity index is 1.72. The van der Waals surface area contributed by atoms with Gasteiger partial charge in [0.15, 0.2) is 0 Å². The van der Waals surface area contributed by atoms with Crippen LogP contribution in [0.2, 0.25) is 5.02 Å². The molecule has 2 aromatic heterocycles. The molecule has 0 unspecified atom stereocenters. The standard InChI is InChI=1S/C13H16ClN3/c14-10-5-6-13-16-12(9-17(13)8-10)7-15-11-3-1-2-4-11/h5-6,8-9,11,15H,1-4,7H2. The number of nitrogens with zero attached hydrogens (tertiary/aromatic N) is 2. The molecule has 0 aromatic carbocycles. The SMILES string of the molecule is Clc1ccc2nc(CNC3CCCC3)cn2c1. The van der Waals surface area contributed by atoms with Gasteiger partial charge >= 0.3 is 0 Å². The van der Waals surface area contributed by atoms with Crippen LogP contribution in [0.15, 0.2) is 24.5 Å². The molecule has 17 heavy (non-hydrogen) atoms. The van der Waals surface area contributed by atoms with Gasteiger partial charge in [-0.3, -0.25) is 0 Å². The second-order valence-corrected chi connectivity index (χ2v) is 5.14. The van der Waals surface area contributed by atoms with Gasteiger partial charge in [0, 0.05) is 25.0 Å². The molecule has 1 N–H and O–H groups in total. The highest BCUT2D eigenvalue weighted by Gasteiger charge is 2.14. The normalized spacial score (nSPS) is 17.0. The molecule has 0 aliphatic heterocycles. The predicted octanol–water partition coefficient (Wildman–Crippen LogP) is 3.02. The Hall–Kier alpha value is -1.06. The maximum absolute atomic E-state index is 5.94. The van der Waals surface area contributed by atoms with Crippen LogP contribution in [0, 0.1) is 0 Å². The Labute approximate surface area is 106 Å². The molecular formula is C13H16ClN3. The number of halogens is 1. The Morgan fingerprint density at radius 3 is 2.94 bits per heavy atom. The minimum atomic E-state index is 0.684. The molecule has 0 saturated heterocycles. The second-order valence-electron chi connectivity index (χ2n) is 4.71. The molecule has 3 nitrogen and oxygen atoms in total.